The van der Waals surface area contributed by atoms with Crippen LogP contribution in [0.4, 0.5) is 0 Å². The summed E-state index contributed by atoms with van der Waals surface area (Å²) in [6.45, 7) is 8.18. The quantitative estimate of drug-likeness (QED) is 0.399. The molecule has 15 heavy (non-hydrogen) atoms. The third-order valence-electron chi connectivity index (χ3n) is 3.61. The number of quaternary nitrogens is 2. The fraction of sp³-hybridized carbons (Fsp3) is 0.900. The first-order valence-corrected chi connectivity index (χ1v) is 6.40. The van der Waals surface area contributed by atoms with Crippen LogP contribution in [-0.2, 0) is 0 Å². The van der Waals surface area contributed by atoms with Crippen LogP contribution in [0.2, 0.25) is 0 Å². The molecule has 0 aromatic carbocycles. The lowest BCUT2D eigenvalue weighted by atomic mass is 10.2. The van der Waals surface area contributed by atoms with Crippen LogP contribution in [0.25, 0.3) is 0 Å². The SMILES string of the molecule is CC[NH+]1CCC[C@H]1C[NH+]1CNC(=S)NC1. The smallest absolute Gasteiger partial charge is 0.174 e. The molecule has 4 nitrogen and oxygen atoms in total. The van der Waals surface area contributed by atoms with Gasteiger partial charge in [0.05, 0.1) is 13.1 Å². The van der Waals surface area contributed by atoms with Gasteiger partial charge in [0, 0.05) is 12.8 Å². The van der Waals surface area contributed by atoms with Crippen LogP contribution in [0.3, 0.4) is 0 Å². The Morgan fingerprint density at radius 3 is 2.80 bits per heavy atom. The van der Waals surface area contributed by atoms with E-state index < -0.39 is 0 Å². The summed E-state index contributed by atoms with van der Waals surface area (Å²) in [6, 6.07) is 0.861. The highest BCUT2D eigenvalue weighted by Gasteiger charge is 2.31. The van der Waals surface area contributed by atoms with Crippen molar-refractivity contribution in [1.29, 1.82) is 0 Å². The van der Waals surface area contributed by atoms with Gasteiger partial charge in [-0.3, -0.25) is 4.90 Å². The molecule has 2 heterocycles. The number of nitrogens with one attached hydrogen (secondary N) is 4. The molecule has 4 N–H and O–H groups in total. The lowest BCUT2D eigenvalue weighted by molar-refractivity contribution is -0.970. The Labute approximate surface area is 97.0 Å². The summed E-state index contributed by atoms with van der Waals surface area (Å²) < 4.78 is 0. The van der Waals surface area contributed by atoms with Gasteiger partial charge in [-0.05, 0) is 19.1 Å². The highest BCUT2D eigenvalue weighted by Crippen LogP contribution is 1.97. The molecule has 1 unspecified atom stereocenters. The lowest BCUT2D eigenvalue weighted by Gasteiger charge is -2.29. The van der Waals surface area contributed by atoms with E-state index in [0.717, 1.165) is 24.5 Å². The molecule has 0 aromatic heterocycles. The normalized spacial score (nSPS) is 32.5. The average molecular weight is 230 g/mol. The van der Waals surface area contributed by atoms with E-state index in [9.17, 15) is 0 Å². The highest BCUT2D eigenvalue weighted by molar-refractivity contribution is 7.80. The molecular weight excluding hydrogens is 208 g/mol. The molecular formula is C10H22N4S+2. The summed E-state index contributed by atoms with van der Waals surface area (Å²) in [5.74, 6) is 0. The molecule has 0 spiro atoms. The van der Waals surface area contributed by atoms with Crippen molar-refractivity contribution < 1.29 is 9.80 Å². The molecule has 0 aliphatic carbocycles. The molecule has 0 radical (unpaired) electrons. The van der Waals surface area contributed by atoms with Gasteiger partial charge in [0.2, 0.25) is 0 Å². The third kappa shape index (κ3) is 2.80. The standard InChI is InChI=1S/C10H20N4S/c1-2-14-5-3-4-9(14)6-13-7-11-10(15)12-8-13/h9H,2-8H2,1H3,(H2,11,12,15)/p+2/t9-/m0/s1. The van der Waals surface area contributed by atoms with Crippen molar-refractivity contribution in [1.82, 2.24) is 10.6 Å². The zero-order chi connectivity index (χ0) is 10.7. The summed E-state index contributed by atoms with van der Waals surface area (Å²) in [4.78, 5) is 3.37. The Balaban J connectivity index is 1.78. The minimum Gasteiger partial charge on any atom is -0.328 e. The van der Waals surface area contributed by atoms with Crippen LogP contribution >= 0.6 is 12.2 Å². The second-order valence-electron chi connectivity index (χ2n) is 4.59. The highest BCUT2D eigenvalue weighted by atomic mass is 32.1. The van der Waals surface area contributed by atoms with E-state index in [4.69, 9.17) is 12.2 Å². The van der Waals surface area contributed by atoms with Crippen LogP contribution in [0.15, 0.2) is 0 Å². The molecule has 86 valence electrons. The summed E-state index contributed by atoms with van der Waals surface area (Å²) in [7, 11) is 0. The van der Waals surface area contributed by atoms with Gasteiger partial charge in [-0.1, -0.05) is 0 Å². The van der Waals surface area contributed by atoms with Gasteiger partial charge in [-0.25, -0.2) is 0 Å². The van der Waals surface area contributed by atoms with Gasteiger partial charge < -0.3 is 15.5 Å². The van der Waals surface area contributed by atoms with E-state index >= 15 is 0 Å². The maximum atomic E-state index is 5.05. The molecule has 0 bridgehead atoms. The Kier molecular flexibility index (Phi) is 3.77. The van der Waals surface area contributed by atoms with E-state index in [1.807, 2.05) is 0 Å². The molecule has 2 aliphatic rings. The molecule has 0 aromatic rings. The van der Waals surface area contributed by atoms with E-state index in [2.05, 4.69) is 17.6 Å². The molecule has 2 saturated heterocycles. The largest absolute Gasteiger partial charge is 0.328 e. The fourth-order valence-electron chi connectivity index (χ4n) is 2.72. The molecule has 0 amide bonds. The minimum atomic E-state index is 0.810. The van der Waals surface area contributed by atoms with Gasteiger partial charge in [-0.15, -0.1) is 0 Å². The second-order valence-corrected chi connectivity index (χ2v) is 5.00. The van der Waals surface area contributed by atoms with Crippen molar-refractivity contribution in [3.63, 3.8) is 0 Å². The summed E-state index contributed by atoms with van der Waals surface area (Å²) in [5, 5.41) is 7.24. The van der Waals surface area contributed by atoms with Crippen LogP contribution < -0.4 is 20.4 Å². The van der Waals surface area contributed by atoms with Gasteiger partial charge in [0.25, 0.3) is 0 Å². The fourth-order valence-corrected chi connectivity index (χ4v) is 2.87. The van der Waals surface area contributed by atoms with Crippen molar-refractivity contribution >= 4 is 17.3 Å². The number of likely N-dealkylation sites (N-methyl/N-ethyl adjacent to an activating group) is 1. The van der Waals surface area contributed by atoms with Gasteiger partial charge >= 0.3 is 0 Å². The van der Waals surface area contributed by atoms with E-state index in [-0.39, 0.29) is 0 Å². The van der Waals surface area contributed by atoms with E-state index in [1.54, 1.807) is 9.80 Å². The summed E-state index contributed by atoms with van der Waals surface area (Å²) in [5.41, 5.74) is 0. The van der Waals surface area contributed by atoms with Crippen molar-refractivity contribution in [2.24, 2.45) is 0 Å². The Morgan fingerprint density at radius 2 is 2.13 bits per heavy atom. The van der Waals surface area contributed by atoms with Gasteiger partial charge in [-0.2, -0.15) is 0 Å². The van der Waals surface area contributed by atoms with Gasteiger partial charge in [0.15, 0.2) is 18.4 Å². The van der Waals surface area contributed by atoms with Crippen LogP contribution in [-0.4, -0.2) is 44.1 Å². The number of hydrogen-bond donors (Lipinski definition) is 4. The number of thiocarbonyl (C=S) groups is 1. The predicted molar refractivity (Wildman–Crippen MR) is 63.8 cm³/mol. The first-order valence-electron chi connectivity index (χ1n) is 5.99. The molecule has 2 rings (SSSR count). The lowest BCUT2D eigenvalue weighted by Crippen LogP contribution is -3.24. The third-order valence-corrected chi connectivity index (χ3v) is 3.90. The van der Waals surface area contributed by atoms with Crippen molar-refractivity contribution in [2.45, 2.75) is 25.8 Å². The van der Waals surface area contributed by atoms with Crippen molar-refractivity contribution in [2.75, 3.05) is 33.0 Å². The Bertz CT molecular complexity index is 223. The number of rotatable bonds is 3. The van der Waals surface area contributed by atoms with Crippen LogP contribution in [0.5, 0.6) is 0 Å². The average Bonchev–Trinajstić information content (AvgIpc) is 2.69. The molecule has 2 atom stereocenters. The topological polar surface area (TPSA) is 32.9 Å². The Morgan fingerprint density at radius 1 is 1.40 bits per heavy atom. The maximum Gasteiger partial charge on any atom is 0.174 e. The second kappa shape index (κ2) is 5.09. The van der Waals surface area contributed by atoms with E-state index in [1.165, 1.54) is 32.5 Å². The Hall–Kier alpha value is -0.390. The van der Waals surface area contributed by atoms with Crippen LogP contribution in [0.1, 0.15) is 19.8 Å². The summed E-state index contributed by atoms with van der Waals surface area (Å²) >= 11 is 5.05. The van der Waals surface area contributed by atoms with Crippen molar-refractivity contribution in [3.8, 4) is 0 Å². The number of likely N-dealkylation sites (tertiary alicyclic amines) is 1. The van der Waals surface area contributed by atoms with E-state index in [0.29, 0.717) is 0 Å². The van der Waals surface area contributed by atoms with Gasteiger partial charge in [0.1, 0.15) is 12.6 Å². The van der Waals surface area contributed by atoms with Crippen LogP contribution in [0, 0.1) is 0 Å². The van der Waals surface area contributed by atoms with Crippen molar-refractivity contribution in [3.05, 3.63) is 0 Å². The zero-order valence-electron chi connectivity index (χ0n) is 9.44. The zero-order valence-corrected chi connectivity index (χ0v) is 10.3. The molecule has 2 fully saturated rings. The maximum absolute atomic E-state index is 5.05. The molecule has 5 heteroatoms. The minimum absolute atomic E-state index is 0.810. The predicted octanol–water partition coefficient (Wildman–Crippen LogP) is -2.67. The first kappa shape index (κ1) is 11.1. The monoisotopic (exact) mass is 230 g/mol. The molecule has 0 saturated carbocycles. The summed E-state index contributed by atoms with van der Waals surface area (Å²) in [6.07, 6.45) is 2.80. The first-order chi connectivity index (χ1) is 7.29. The molecule has 2 aliphatic heterocycles. The number of hydrogen-bond acceptors (Lipinski definition) is 1.